The van der Waals surface area contributed by atoms with E-state index in [0.717, 1.165) is 25.0 Å². The first-order chi connectivity index (χ1) is 12.5. The first-order valence-electron chi connectivity index (χ1n) is 10.2. The molecule has 0 amide bonds. The third kappa shape index (κ3) is 2.33. The molecule has 0 radical (unpaired) electrons. The first-order valence-corrected chi connectivity index (χ1v) is 9.78. The average molecular weight is 331 g/mol. The summed E-state index contributed by atoms with van der Waals surface area (Å²) in [4.78, 5) is 4.45. The Bertz CT molecular complexity index is 740. The maximum Gasteiger partial charge on any atom is 0.196 e. The van der Waals surface area contributed by atoms with Gasteiger partial charge in [0.25, 0.3) is 0 Å². The highest BCUT2D eigenvalue weighted by atomic mass is 32.2. The van der Waals surface area contributed by atoms with Crippen LogP contribution in [-0.4, -0.2) is 29.1 Å². The fourth-order valence-electron chi connectivity index (χ4n) is 4.67. The van der Waals surface area contributed by atoms with E-state index in [1.165, 1.54) is 24.2 Å². The Balaban J connectivity index is 1.44. The van der Waals surface area contributed by atoms with E-state index in [1.807, 2.05) is 17.8 Å². The Labute approximate surface area is 146 Å². The van der Waals surface area contributed by atoms with Gasteiger partial charge in [-0.25, -0.2) is 4.99 Å². The van der Waals surface area contributed by atoms with Gasteiger partial charge >= 0.3 is 0 Å². The molecule has 2 saturated heterocycles. The Morgan fingerprint density at radius 2 is 2.43 bits per heavy atom. The molecule has 4 heteroatoms. The molecule has 0 saturated carbocycles. The van der Waals surface area contributed by atoms with Crippen LogP contribution in [0.4, 0.5) is 0 Å². The molecule has 1 aliphatic carbocycles. The van der Waals surface area contributed by atoms with E-state index < -0.39 is 6.85 Å². The molecule has 5 rings (SSSR count). The quantitative estimate of drug-likeness (QED) is 0.742. The number of fused-ring (bicyclic) bond motifs is 4. The second-order valence-electron chi connectivity index (χ2n) is 7.08. The number of thioether (sulfide) groups is 1. The van der Waals surface area contributed by atoms with E-state index in [1.54, 1.807) is 11.6 Å². The molecule has 0 spiro atoms. The lowest BCUT2D eigenvalue weighted by Gasteiger charge is -2.33. The molecule has 5 atom stereocenters. The monoisotopic (exact) mass is 331 g/mol. The number of hydrogen-bond acceptors (Lipinski definition) is 4. The van der Waals surface area contributed by atoms with Gasteiger partial charge in [0.15, 0.2) is 6.23 Å². The molecule has 23 heavy (non-hydrogen) atoms. The maximum atomic E-state index is 7.61. The summed E-state index contributed by atoms with van der Waals surface area (Å²) in [6, 6.07) is 0.349. The number of nitrogens with one attached hydrogen (secondary N) is 1. The molecule has 0 aromatic heterocycles. The number of nitrogens with zero attached hydrogens (tertiary/aromatic N) is 1. The molecule has 3 unspecified atom stereocenters. The lowest BCUT2D eigenvalue weighted by Crippen LogP contribution is -2.41. The zero-order valence-electron chi connectivity index (χ0n) is 16.1. The van der Waals surface area contributed by atoms with Gasteiger partial charge < -0.3 is 4.74 Å². The van der Waals surface area contributed by atoms with Gasteiger partial charge in [0.1, 0.15) is 5.76 Å². The molecule has 4 aliphatic heterocycles. The van der Waals surface area contributed by atoms with Crippen LogP contribution >= 0.6 is 11.8 Å². The van der Waals surface area contributed by atoms with Crippen molar-refractivity contribution in [2.45, 2.75) is 56.6 Å². The van der Waals surface area contributed by atoms with Crippen LogP contribution in [0, 0.1) is 11.8 Å². The lowest BCUT2D eigenvalue weighted by molar-refractivity contribution is 0.146. The summed E-state index contributed by atoms with van der Waals surface area (Å²) in [6.45, 7) is -2.17. The topological polar surface area (TPSA) is 33.6 Å². The summed E-state index contributed by atoms with van der Waals surface area (Å²) in [7, 11) is 0. The molecule has 1 N–H and O–H groups in total. The number of rotatable bonds is 1. The molecule has 2 fully saturated rings. The number of dihydropyridines is 1. The lowest BCUT2D eigenvalue weighted by atomic mass is 9.78. The SMILES string of the molecule is [2H]C([2H])([2H])C1=N[C@H]2OC3=C(C4CC=C5CCSC5N4)CCC[C@H]3C2C=C1. The summed E-state index contributed by atoms with van der Waals surface area (Å²) >= 11 is 2.00. The Kier molecular flexibility index (Phi) is 2.77. The third-order valence-corrected chi connectivity index (χ3v) is 7.01. The fourth-order valence-corrected chi connectivity index (χ4v) is 5.95. The van der Waals surface area contributed by atoms with Crippen LogP contribution in [0.2, 0.25) is 0 Å². The summed E-state index contributed by atoms with van der Waals surface area (Å²) in [6.07, 6.45) is 11.4. The van der Waals surface area contributed by atoms with E-state index >= 15 is 0 Å². The second-order valence-corrected chi connectivity index (χ2v) is 8.30. The number of allylic oxidation sites excluding steroid dienone is 2. The van der Waals surface area contributed by atoms with Crippen LogP contribution < -0.4 is 5.32 Å². The van der Waals surface area contributed by atoms with E-state index in [4.69, 9.17) is 8.85 Å². The van der Waals surface area contributed by atoms with Crippen molar-refractivity contribution >= 4 is 17.5 Å². The summed E-state index contributed by atoms with van der Waals surface area (Å²) in [5.41, 5.74) is 3.13. The van der Waals surface area contributed by atoms with Gasteiger partial charge in [-0.1, -0.05) is 12.2 Å². The summed E-state index contributed by atoms with van der Waals surface area (Å²) in [5.74, 6) is 2.85. The number of hydrogen-bond donors (Lipinski definition) is 1. The molecule has 5 aliphatic rings. The minimum Gasteiger partial charge on any atom is -0.472 e. The van der Waals surface area contributed by atoms with Gasteiger partial charge in [-0.15, -0.1) is 11.8 Å². The van der Waals surface area contributed by atoms with Crippen molar-refractivity contribution in [2.75, 3.05) is 5.75 Å². The van der Waals surface area contributed by atoms with Crippen molar-refractivity contribution < 1.29 is 8.85 Å². The van der Waals surface area contributed by atoms with Crippen LogP contribution in [0.3, 0.4) is 0 Å². The van der Waals surface area contributed by atoms with Gasteiger partial charge in [0.2, 0.25) is 0 Å². The van der Waals surface area contributed by atoms with Gasteiger partial charge in [0.05, 0.1) is 5.37 Å². The molecule has 4 heterocycles. The van der Waals surface area contributed by atoms with Crippen LogP contribution in [-0.2, 0) is 4.74 Å². The Hall–Kier alpha value is -1.00. The predicted molar refractivity (Wildman–Crippen MR) is 95.5 cm³/mol. The first kappa shape index (κ1) is 11.5. The molecule has 0 aromatic rings. The van der Waals surface area contributed by atoms with Crippen LogP contribution in [0.25, 0.3) is 0 Å². The molecule has 122 valence electrons. The van der Waals surface area contributed by atoms with Crippen molar-refractivity contribution in [2.24, 2.45) is 16.8 Å². The largest absolute Gasteiger partial charge is 0.472 e. The summed E-state index contributed by atoms with van der Waals surface area (Å²) < 4.78 is 29.1. The fraction of sp³-hybridized carbons (Fsp3) is 0.632. The highest BCUT2D eigenvalue weighted by Gasteiger charge is 2.45. The zero-order valence-corrected chi connectivity index (χ0v) is 13.9. The number of aliphatic imine (C=N–C) groups is 1. The van der Waals surface area contributed by atoms with Crippen molar-refractivity contribution in [3.63, 3.8) is 0 Å². The molecular formula is C19H24N2OS. The van der Waals surface area contributed by atoms with Gasteiger partial charge in [-0.05, 0) is 61.9 Å². The average Bonchev–Trinajstić information content (AvgIpc) is 3.23. The standard InChI is InChI=1S/C19H24N2OS/c1-11-5-7-14-13-3-2-4-15(17(13)22-18(14)20-11)16-8-6-12-9-10-23-19(12)21-16/h5-7,13-14,16,18-19,21H,2-4,8-10H2,1H3/t13-,14?,16?,18-,19?/m0/s1/i1D3. The maximum absolute atomic E-state index is 7.61. The number of ether oxygens (including phenoxy) is 1. The second kappa shape index (κ2) is 5.52. The highest BCUT2D eigenvalue weighted by Crippen LogP contribution is 2.48. The van der Waals surface area contributed by atoms with Gasteiger partial charge in [-0.3, -0.25) is 5.32 Å². The highest BCUT2D eigenvalue weighted by molar-refractivity contribution is 8.00. The minimum atomic E-state index is -2.17. The van der Waals surface area contributed by atoms with Gasteiger partial charge in [-0.2, -0.15) is 0 Å². The molecule has 0 bridgehead atoms. The van der Waals surface area contributed by atoms with Crippen LogP contribution in [0.5, 0.6) is 0 Å². The molecule has 0 aromatic carbocycles. The molecular weight excluding hydrogens is 304 g/mol. The third-order valence-electron chi connectivity index (χ3n) is 5.80. The van der Waals surface area contributed by atoms with Crippen molar-refractivity contribution in [3.8, 4) is 0 Å². The van der Waals surface area contributed by atoms with Gasteiger partial charge in [0, 0.05) is 27.7 Å². The Morgan fingerprint density at radius 3 is 3.39 bits per heavy atom. The van der Waals surface area contributed by atoms with Crippen molar-refractivity contribution in [1.29, 1.82) is 0 Å². The smallest absolute Gasteiger partial charge is 0.196 e. The predicted octanol–water partition coefficient (Wildman–Crippen LogP) is 3.80. The van der Waals surface area contributed by atoms with Crippen LogP contribution in [0.15, 0.2) is 40.1 Å². The molecule has 3 nitrogen and oxygen atoms in total. The zero-order chi connectivity index (χ0) is 17.9. The van der Waals surface area contributed by atoms with E-state index in [2.05, 4.69) is 16.4 Å². The van der Waals surface area contributed by atoms with Crippen molar-refractivity contribution in [3.05, 3.63) is 35.1 Å². The van der Waals surface area contributed by atoms with E-state index in [0.29, 0.717) is 17.3 Å². The van der Waals surface area contributed by atoms with E-state index in [9.17, 15) is 0 Å². The summed E-state index contributed by atoms with van der Waals surface area (Å²) in [5, 5.41) is 4.29. The normalized spacial score (nSPS) is 44.2. The van der Waals surface area contributed by atoms with Crippen LogP contribution in [0.1, 0.15) is 43.1 Å². The van der Waals surface area contributed by atoms with E-state index in [-0.39, 0.29) is 17.9 Å². The Morgan fingerprint density at radius 1 is 1.43 bits per heavy atom. The van der Waals surface area contributed by atoms with Crippen molar-refractivity contribution in [1.82, 2.24) is 5.32 Å². The minimum absolute atomic E-state index is 0.172.